The topological polar surface area (TPSA) is 54.4 Å². The lowest BCUT2D eigenvalue weighted by Crippen LogP contribution is -2.27. The highest BCUT2D eigenvalue weighted by Crippen LogP contribution is 2.31. The fourth-order valence-electron chi connectivity index (χ4n) is 2.53. The number of halogens is 1. The van der Waals surface area contributed by atoms with E-state index >= 15 is 0 Å². The molecule has 4 heteroatoms. The summed E-state index contributed by atoms with van der Waals surface area (Å²) in [5, 5.41) is 9.55. The Balaban J connectivity index is 2.11. The van der Waals surface area contributed by atoms with Crippen molar-refractivity contribution in [2.24, 2.45) is 11.8 Å². The van der Waals surface area contributed by atoms with Gasteiger partial charge < -0.3 is 5.11 Å². The number of benzene rings is 1. The van der Waals surface area contributed by atoms with Gasteiger partial charge in [0.25, 0.3) is 0 Å². The molecule has 0 radical (unpaired) electrons. The van der Waals surface area contributed by atoms with E-state index in [0.29, 0.717) is 23.4 Å². The van der Waals surface area contributed by atoms with Crippen LogP contribution in [0.25, 0.3) is 0 Å². The molecule has 1 fully saturated rings. The van der Waals surface area contributed by atoms with Crippen molar-refractivity contribution < 1.29 is 14.7 Å². The SMILES string of the molecule is O=C(O)C1CCCC(C(=O)c2cccc(Cl)c2)C1. The van der Waals surface area contributed by atoms with Gasteiger partial charge in [0.1, 0.15) is 0 Å². The Morgan fingerprint density at radius 3 is 2.61 bits per heavy atom. The number of hydrogen-bond acceptors (Lipinski definition) is 2. The van der Waals surface area contributed by atoms with E-state index in [1.165, 1.54) is 0 Å². The van der Waals surface area contributed by atoms with Gasteiger partial charge in [-0.2, -0.15) is 0 Å². The fourth-order valence-corrected chi connectivity index (χ4v) is 2.72. The Morgan fingerprint density at radius 1 is 1.22 bits per heavy atom. The number of ketones is 1. The average molecular weight is 267 g/mol. The van der Waals surface area contributed by atoms with Crippen LogP contribution in [-0.4, -0.2) is 16.9 Å². The minimum Gasteiger partial charge on any atom is -0.481 e. The fraction of sp³-hybridized carbons (Fsp3) is 0.429. The van der Waals surface area contributed by atoms with Crippen molar-refractivity contribution in [3.63, 3.8) is 0 Å². The Kier molecular flexibility index (Phi) is 4.02. The lowest BCUT2D eigenvalue weighted by atomic mass is 9.78. The number of Topliss-reactive ketones (excluding diaryl/α,β-unsaturated/α-hetero) is 1. The summed E-state index contributed by atoms with van der Waals surface area (Å²) in [6.07, 6.45) is 2.69. The number of aliphatic carboxylic acids is 1. The lowest BCUT2D eigenvalue weighted by Gasteiger charge is -2.25. The Hall–Kier alpha value is -1.35. The van der Waals surface area contributed by atoms with Gasteiger partial charge in [-0.15, -0.1) is 0 Å². The van der Waals surface area contributed by atoms with Gasteiger partial charge in [-0.1, -0.05) is 30.2 Å². The quantitative estimate of drug-likeness (QED) is 0.853. The molecule has 0 heterocycles. The zero-order valence-corrected chi connectivity index (χ0v) is 10.7. The third kappa shape index (κ3) is 2.91. The second-order valence-electron chi connectivity index (χ2n) is 4.77. The van der Waals surface area contributed by atoms with Crippen molar-refractivity contribution in [3.8, 4) is 0 Å². The van der Waals surface area contributed by atoms with Gasteiger partial charge in [-0.25, -0.2) is 0 Å². The van der Waals surface area contributed by atoms with E-state index in [4.69, 9.17) is 16.7 Å². The van der Waals surface area contributed by atoms with Crippen molar-refractivity contribution in [1.29, 1.82) is 0 Å². The standard InChI is InChI=1S/C14H15ClO3/c15-12-6-2-4-10(8-12)13(16)9-3-1-5-11(7-9)14(17)18/h2,4,6,8-9,11H,1,3,5,7H2,(H,17,18). The zero-order chi connectivity index (χ0) is 13.1. The van der Waals surface area contributed by atoms with Crippen LogP contribution in [0, 0.1) is 11.8 Å². The van der Waals surface area contributed by atoms with Crippen molar-refractivity contribution in [3.05, 3.63) is 34.9 Å². The number of carboxylic acids is 1. The maximum atomic E-state index is 12.3. The van der Waals surface area contributed by atoms with E-state index in [1.54, 1.807) is 24.3 Å². The zero-order valence-electron chi connectivity index (χ0n) is 9.93. The van der Waals surface area contributed by atoms with Crippen molar-refractivity contribution in [1.82, 2.24) is 0 Å². The Bertz CT molecular complexity index is 470. The van der Waals surface area contributed by atoms with Gasteiger partial charge in [0.2, 0.25) is 0 Å². The van der Waals surface area contributed by atoms with Crippen molar-refractivity contribution >= 4 is 23.4 Å². The molecule has 0 bridgehead atoms. The average Bonchev–Trinajstić information content (AvgIpc) is 2.38. The molecule has 1 aliphatic rings. The van der Waals surface area contributed by atoms with Crippen LogP contribution in [0.3, 0.4) is 0 Å². The monoisotopic (exact) mass is 266 g/mol. The van der Waals surface area contributed by atoms with Gasteiger partial charge in [0.15, 0.2) is 5.78 Å². The van der Waals surface area contributed by atoms with Crippen LogP contribution in [0.15, 0.2) is 24.3 Å². The molecule has 0 aliphatic heterocycles. The predicted octanol–water partition coefficient (Wildman–Crippen LogP) is 3.41. The normalized spacial score (nSPS) is 23.6. The first kappa shape index (κ1) is 13.1. The second kappa shape index (κ2) is 5.53. The summed E-state index contributed by atoms with van der Waals surface area (Å²) in [5.41, 5.74) is 0.582. The number of carbonyl (C=O) groups excluding carboxylic acids is 1. The van der Waals surface area contributed by atoms with Crippen LogP contribution < -0.4 is 0 Å². The molecule has 2 rings (SSSR count). The van der Waals surface area contributed by atoms with Gasteiger partial charge >= 0.3 is 5.97 Å². The maximum Gasteiger partial charge on any atom is 0.306 e. The molecule has 1 saturated carbocycles. The summed E-state index contributed by atoms with van der Waals surface area (Å²) in [4.78, 5) is 23.2. The molecule has 0 aromatic heterocycles. The molecular formula is C14H15ClO3. The highest BCUT2D eigenvalue weighted by molar-refractivity contribution is 6.31. The lowest BCUT2D eigenvalue weighted by molar-refractivity contribution is -0.143. The largest absolute Gasteiger partial charge is 0.481 e. The molecule has 1 aromatic carbocycles. The summed E-state index contributed by atoms with van der Waals surface area (Å²) in [6, 6.07) is 6.85. The van der Waals surface area contributed by atoms with Gasteiger partial charge in [0.05, 0.1) is 5.92 Å². The highest BCUT2D eigenvalue weighted by Gasteiger charge is 2.31. The Labute approximate surface area is 111 Å². The smallest absolute Gasteiger partial charge is 0.306 e. The van der Waals surface area contributed by atoms with E-state index in [2.05, 4.69) is 0 Å². The molecule has 2 unspecified atom stereocenters. The molecular weight excluding hydrogens is 252 g/mol. The van der Waals surface area contributed by atoms with Crippen LogP contribution in [0.1, 0.15) is 36.0 Å². The molecule has 3 nitrogen and oxygen atoms in total. The number of hydrogen-bond donors (Lipinski definition) is 1. The second-order valence-corrected chi connectivity index (χ2v) is 5.21. The number of rotatable bonds is 3. The molecule has 0 spiro atoms. The van der Waals surface area contributed by atoms with E-state index < -0.39 is 5.97 Å². The van der Waals surface area contributed by atoms with E-state index in [1.807, 2.05) is 0 Å². The summed E-state index contributed by atoms with van der Waals surface area (Å²) in [7, 11) is 0. The summed E-state index contributed by atoms with van der Waals surface area (Å²) >= 11 is 5.86. The minimum atomic E-state index is -0.793. The molecule has 1 aliphatic carbocycles. The van der Waals surface area contributed by atoms with E-state index in [0.717, 1.165) is 12.8 Å². The van der Waals surface area contributed by atoms with Crippen molar-refractivity contribution in [2.75, 3.05) is 0 Å². The van der Waals surface area contributed by atoms with Crippen LogP contribution in [0.2, 0.25) is 5.02 Å². The van der Waals surface area contributed by atoms with Gasteiger partial charge in [-0.3, -0.25) is 9.59 Å². The van der Waals surface area contributed by atoms with Gasteiger partial charge in [-0.05, 0) is 31.4 Å². The minimum absolute atomic E-state index is 0.0171. The predicted molar refractivity (Wildman–Crippen MR) is 68.9 cm³/mol. The Morgan fingerprint density at radius 2 is 1.94 bits per heavy atom. The first-order valence-electron chi connectivity index (χ1n) is 6.10. The van der Waals surface area contributed by atoms with Crippen LogP contribution in [0.4, 0.5) is 0 Å². The van der Waals surface area contributed by atoms with Crippen molar-refractivity contribution in [2.45, 2.75) is 25.7 Å². The van der Waals surface area contributed by atoms with E-state index in [-0.39, 0.29) is 17.6 Å². The molecule has 1 aromatic rings. The molecule has 1 N–H and O–H groups in total. The van der Waals surface area contributed by atoms with E-state index in [9.17, 15) is 9.59 Å². The summed E-state index contributed by atoms with van der Waals surface area (Å²) in [5.74, 6) is -1.34. The summed E-state index contributed by atoms with van der Waals surface area (Å²) in [6.45, 7) is 0. The summed E-state index contributed by atoms with van der Waals surface area (Å²) < 4.78 is 0. The van der Waals surface area contributed by atoms with Crippen LogP contribution >= 0.6 is 11.6 Å². The molecule has 2 atom stereocenters. The maximum absolute atomic E-state index is 12.3. The third-order valence-corrected chi connectivity index (χ3v) is 3.74. The molecule has 18 heavy (non-hydrogen) atoms. The highest BCUT2D eigenvalue weighted by atomic mass is 35.5. The number of carbonyl (C=O) groups is 2. The first-order chi connectivity index (χ1) is 8.58. The number of carboxylic acid groups (broad SMARTS) is 1. The molecule has 0 saturated heterocycles. The van der Waals surface area contributed by atoms with Gasteiger partial charge in [0, 0.05) is 16.5 Å². The first-order valence-corrected chi connectivity index (χ1v) is 6.48. The molecule has 0 amide bonds. The van der Waals surface area contributed by atoms with Crippen LogP contribution in [-0.2, 0) is 4.79 Å². The van der Waals surface area contributed by atoms with Crippen LogP contribution in [0.5, 0.6) is 0 Å². The molecule has 96 valence electrons. The third-order valence-electron chi connectivity index (χ3n) is 3.50.